The molecule has 1 fully saturated rings. The number of carbonyl (C=O) groups is 1. The molecule has 0 saturated carbocycles. The number of nitrogens with zero attached hydrogens (tertiary/aromatic N) is 1. The van der Waals surface area contributed by atoms with Gasteiger partial charge in [-0.2, -0.15) is 13.2 Å². The Labute approximate surface area is 137 Å². The minimum absolute atomic E-state index is 0.0879. The first-order chi connectivity index (χ1) is 11.4. The molecule has 24 heavy (non-hydrogen) atoms. The molecule has 1 aliphatic rings. The summed E-state index contributed by atoms with van der Waals surface area (Å²) in [5.74, 6) is 0.784. The summed E-state index contributed by atoms with van der Waals surface area (Å²) in [4.78, 5) is 13.4. The van der Waals surface area contributed by atoms with Crippen molar-refractivity contribution in [1.82, 2.24) is 4.90 Å². The fourth-order valence-corrected chi connectivity index (χ4v) is 3.11. The highest BCUT2D eigenvalue weighted by Crippen LogP contribution is 2.37. The van der Waals surface area contributed by atoms with Crippen LogP contribution in [0, 0.1) is 0 Å². The molecule has 0 radical (unpaired) electrons. The molecule has 0 atom stereocenters. The highest BCUT2D eigenvalue weighted by molar-refractivity contribution is 5.85. The zero-order chi connectivity index (χ0) is 17.3. The molecule has 0 N–H and O–H groups in total. The first-order valence-corrected chi connectivity index (χ1v) is 7.90. The van der Waals surface area contributed by atoms with Crippen molar-refractivity contribution < 1.29 is 27.1 Å². The molecular weight excluding hydrogens is 323 g/mol. The second kappa shape index (κ2) is 6.37. The standard InChI is InChI=1S/C17H18F3NO3/c1-2-23-16(22)21-7-5-11(6-8-21)15-14-4-3-13(17(18,19)20)9-12(14)10-24-15/h3-4,9-11H,2,5-8H2,1H3. The van der Waals surface area contributed by atoms with E-state index in [1.807, 2.05) is 0 Å². The van der Waals surface area contributed by atoms with Crippen molar-refractivity contribution >= 4 is 16.9 Å². The number of furan rings is 1. The normalized spacial score (nSPS) is 16.6. The van der Waals surface area contributed by atoms with Gasteiger partial charge in [-0.3, -0.25) is 0 Å². The number of likely N-dealkylation sites (tertiary alicyclic amines) is 1. The van der Waals surface area contributed by atoms with E-state index in [0.717, 1.165) is 12.1 Å². The summed E-state index contributed by atoms with van der Waals surface area (Å²) in [6.45, 7) is 3.19. The number of hydrogen-bond acceptors (Lipinski definition) is 3. The number of carbonyl (C=O) groups excluding carboxylic acids is 1. The van der Waals surface area contributed by atoms with Gasteiger partial charge in [0.1, 0.15) is 5.76 Å². The van der Waals surface area contributed by atoms with E-state index >= 15 is 0 Å². The molecule has 0 aliphatic carbocycles. The molecule has 3 rings (SSSR count). The maximum Gasteiger partial charge on any atom is 0.416 e. The molecule has 1 aromatic carbocycles. The molecule has 1 aromatic heterocycles. The summed E-state index contributed by atoms with van der Waals surface area (Å²) < 4.78 is 48.9. The molecule has 0 unspecified atom stereocenters. The Balaban J connectivity index is 1.76. The van der Waals surface area contributed by atoms with Crippen LogP contribution in [0.25, 0.3) is 10.8 Å². The van der Waals surface area contributed by atoms with Crippen LogP contribution in [-0.4, -0.2) is 30.7 Å². The van der Waals surface area contributed by atoms with E-state index < -0.39 is 11.7 Å². The highest BCUT2D eigenvalue weighted by Gasteiger charge is 2.32. The quantitative estimate of drug-likeness (QED) is 0.789. The smallest absolute Gasteiger partial charge is 0.416 e. The molecule has 2 heterocycles. The molecule has 7 heteroatoms. The molecule has 1 saturated heterocycles. The van der Waals surface area contributed by atoms with Crippen molar-refractivity contribution in [1.29, 1.82) is 0 Å². The maximum atomic E-state index is 12.8. The topological polar surface area (TPSA) is 42.7 Å². The molecule has 4 nitrogen and oxygen atoms in total. The Morgan fingerprint density at radius 1 is 1.33 bits per heavy atom. The molecule has 0 spiro atoms. The number of alkyl halides is 3. The average molecular weight is 341 g/mol. The van der Waals surface area contributed by atoms with Gasteiger partial charge >= 0.3 is 12.3 Å². The van der Waals surface area contributed by atoms with E-state index in [9.17, 15) is 18.0 Å². The van der Waals surface area contributed by atoms with E-state index in [0.29, 0.717) is 49.1 Å². The van der Waals surface area contributed by atoms with Crippen LogP contribution in [0.1, 0.15) is 37.0 Å². The Hall–Kier alpha value is -2.18. The van der Waals surface area contributed by atoms with E-state index in [4.69, 9.17) is 9.15 Å². The largest absolute Gasteiger partial charge is 0.468 e. The van der Waals surface area contributed by atoms with Gasteiger partial charge in [-0.15, -0.1) is 0 Å². The van der Waals surface area contributed by atoms with E-state index in [1.165, 1.54) is 12.3 Å². The van der Waals surface area contributed by atoms with Gasteiger partial charge < -0.3 is 14.1 Å². The first kappa shape index (κ1) is 16.7. The third kappa shape index (κ3) is 3.20. The highest BCUT2D eigenvalue weighted by atomic mass is 19.4. The molecular formula is C17H18F3NO3. The van der Waals surface area contributed by atoms with Crippen LogP contribution >= 0.6 is 0 Å². The second-order valence-corrected chi connectivity index (χ2v) is 5.86. The number of rotatable bonds is 2. The summed E-state index contributed by atoms with van der Waals surface area (Å²) in [6.07, 6.45) is -1.92. The monoisotopic (exact) mass is 341 g/mol. The van der Waals surface area contributed by atoms with Crippen molar-refractivity contribution in [3.05, 3.63) is 35.8 Å². The maximum absolute atomic E-state index is 12.8. The third-order valence-electron chi connectivity index (χ3n) is 4.35. The lowest BCUT2D eigenvalue weighted by Gasteiger charge is -2.30. The predicted octanol–water partition coefficient (Wildman–Crippen LogP) is 4.79. The van der Waals surface area contributed by atoms with Crippen molar-refractivity contribution in [2.45, 2.75) is 31.9 Å². The molecule has 2 aromatic rings. The Bertz CT molecular complexity index is 730. The van der Waals surface area contributed by atoms with Gasteiger partial charge in [-0.25, -0.2) is 4.79 Å². The van der Waals surface area contributed by atoms with Crippen LogP contribution in [0.5, 0.6) is 0 Å². The Morgan fingerprint density at radius 3 is 2.67 bits per heavy atom. The van der Waals surface area contributed by atoms with Gasteiger partial charge in [-0.1, -0.05) is 6.07 Å². The SMILES string of the molecule is CCOC(=O)N1CCC(c2occ3cc(C(F)(F)F)ccc23)CC1. The molecule has 1 aliphatic heterocycles. The van der Waals surface area contributed by atoms with Gasteiger partial charge in [0, 0.05) is 29.8 Å². The number of ether oxygens (including phenoxy) is 1. The van der Waals surface area contributed by atoms with Crippen LogP contribution < -0.4 is 0 Å². The summed E-state index contributed by atoms with van der Waals surface area (Å²) >= 11 is 0. The lowest BCUT2D eigenvalue weighted by atomic mass is 9.92. The molecule has 130 valence electrons. The van der Waals surface area contributed by atoms with Crippen LogP contribution in [0.4, 0.5) is 18.0 Å². The average Bonchev–Trinajstić information content (AvgIpc) is 2.97. The van der Waals surface area contributed by atoms with E-state index in [1.54, 1.807) is 11.8 Å². The molecule has 0 bridgehead atoms. The first-order valence-electron chi connectivity index (χ1n) is 7.90. The molecule has 1 amide bonds. The van der Waals surface area contributed by atoms with Gasteiger partial charge in [0.25, 0.3) is 0 Å². The van der Waals surface area contributed by atoms with Gasteiger partial charge in [0.15, 0.2) is 0 Å². The van der Waals surface area contributed by atoms with Crippen molar-refractivity contribution in [3.8, 4) is 0 Å². The number of fused-ring (bicyclic) bond motifs is 1. The lowest BCUT2D eigenvalue weighted by Crippen LogP contribution is -2.38. The fraction of sp³-hybridized carbons (Fsp3) is 0.471. The van der Waals surface area contributed by atoms with E-state index in [2.05, 4.69) is 0 Å². The summed E-state index contributed by atoms with van der Waals surface area (Å²) in [6, 6.07) is 3.65. The number of hydrogen-bond donors (Lipinski definition) is 0. The number of amides is 1. The van der Waals surface area contributed by atoms with Gasteiger partial charge in [0.05, 0.1) is 18.4 Å². The van der Waals surface area contributed by atoms with E-state index in [-0.39, 0.29) is 12.0 Å². The van der Waals surface area contributed by atoms with Gasteiger partial charge in [0.2, 0.25) is 0 Å². The van der Waals surface area contributed by atoms with Gasteiger partial charge in [-0.05, 0) is 31.9 Å². The zero-order valence-electron chi connectivity index (χ0n) is 13.2. The predicted molar refractivity (Wildman–Crippen MR) is 81.8 cm³/mol. The van der Waals surface area contributed by atoms with Crippen LogP contribution in [0.2, 0.25) is 0 Å². The van der Waals surface area contributed by atoms with Crippen molar-refractivity contribution in [3.63, 3.8) is 0 Å². The third-order valence-corrected chi connectivity index (χ3v) is 4.35. The minimum atomic E-state index is -4.36. The zero-order valence-corrected chi connectivity index (χ0v) is 13.2. The number of halogens is 3. The van der Waals surface area contributed by atoms with Crippen molar-refractivity contribution in [2.24, 2.45) is 0 Å². The summed E-state index contributed by atoms with van der Waals surface area (Å²) in [5.41, 5.74) is -0.681. The second-order valence-electron chi connectivity index (χ2n) is 5.86. The van der Waals surface area contributed by atoms with Crippen LogP contribution in [0.3, 0.4) is 0 Å². The lowest BCUT2D eigenvalue weighted by molar-refractivity contribution is -0.137. The summed E-state index contributed by atoms with van der Waals surface area (Å²) in [7, 11) is 0. The Morgan fingerprint density at radius 2 is 2.04 bits per heavy atom. The Kier molecular flexibility index (Phi) is 4.43. The fourth-order valence-electron chi connectivity index (χ4n) is 3.11. The minimum Gasteiger partial charge on any atom is -0.468 e. The summed E-state index contributed by atoms with van der Waals surface area (Å²) in [5, 5.41) is 1.16. The van der Waals surface area contributed by atoms with Crippen molar-refractivity contribution in [2.75, 3.05) is 19.7 Å². The van der Waals surface area contributed by atoms with Crippen LogP contribution in [0.15, 0.2) is 28.9 Å². The number of benzene rings is 1. The number of piperidine rings is 1. The van der Waals surface area contributed by atoms with Crippen LogP contribution in [-0.2, 0) is 10.9 Å².